The van der Waals surface area contributed by atoms with Crippen LogP contribution in [0.25, 0.3) is 10.9 Å². The number of carbonyl (C=O) groups excluding carboxylic acids is 1. The molecule has 1 amide bonds. The molecule has 6 nitrogen and oxygen atoms in total. The average molecular weight is 375 g/mol. The summed E-state index contributed by atoms with van der Waals surface area (Å²) >= 11 is 0. The Balaban J connectivity index is 1.55. The van der Waals surface area contributed by atoms with Crippen molar-refractivity contribution in [2.45, 2.75) is 13.0 Å². The molecule has 0 aliphatic rings. The van der Waals surface area contributed by atoms with E-state index in [2.05, 4.69) is 44.1 Å². The van der Waals surface area contributed by atoms with Crippen LogP contribution in [0, 0.1) is 0 Å². The number of rotatable bonds is 6. The molecular formula is C22H25N5O. The number of guanidine groups is 1. The molecule has 0 fully saturated rings. The zero-order chi connectivity index (χ0) is 19.8. The number of amides is 1. The number of para-hydroxylation sites is 1. The van der Waals surface area contributed by atoms with Crippen LogP contribution in [0.2, 0.25) is 0 Å². The summed E-state index contributed by atoms with van der Waals surface area (Å²) in [4.78, 5) is 20.5. The van der Waals surface area contributed by atoms with Crippen LogP contribution in [-0.2, 0) is 13.0 Å². The third-order valence-electron chi connectivity index (χ3n) is 4.51. The van der Waals surface area contributed by atoms with Gasteiger partial charge < -0.3 is 16.0 Å². The van der Waals surface area contributed by atoms with Gasteiger partial charge in [-0.2, -0.15) is 0 Å². The van der Waals surface area contributed by atoms with E-state index >= 15 is 0 Å². The first kappa shape index (κ1) is 19.4. The monoisotopic (exact) mass is 375 g/mol. The maximum Gasteiger partial charge on any atom is 0.251 e. The van der Waals surface area contributed by atoms with Gasteiger partial charge >= 0.3 is 0 Å². The Morgan fingerprint density at radius 1 is 1.07 bits per heavy atom. The van der Waals surface area contributed by atoms with Crippen LogP contribution in [0.4, 0.5) is 0 Å². The van der Waals surface area contributed by atoms with Gasteiger partial charge in [0.2, 0.25) is 0 Å². The van der Waals surface area contributed by atoms with E-state index < -0.39 is 0 Å². The van der Waals surface area contributed by atoms with Crippen molar-refractivity contribution in [1.82, 2.24) is 20.9 Å². The number of carbonyl (C=O) groups is 1. The van der Waals surface area contributed by atoms with Crippen LogP contribution in [0.3, 0.4) is 0 Å². The van der Waals surface area contributed by atoms with E-state index in [0.717, 1.165) is 34.4 Å². The van der Waals surface area contributed by atoms with E-state index in [-0.39, 0.29) is 5.91 Å². The summed E-state index contributed by atoms with van der Waals surface area (Å²) in [6, 6.07) is 17.8. The highest BCUT2D eigenvalue weighted by Crippen LogP contribution is 2.15. The maximum atomic E-state index is 11.7. The first-order valence-electron chi connectivity index (χ1n) is 9.29. The number of aromatic nitrogens is 1. The summed E-state index contributed by atoms with van der Waals surface area (Å²) in [5.41, 5.74) is 3.89. The molecule has 1 aromatic heterocycles. The Morgan fingerprint density at radius 3 is 2.71 bits per heavy atom. The van der Waals surface area contributed by atoms with Gasteiger partial charge in [-0.3, -0.25) is 14.8 Å². The summed E-state index contributed by atoms with van der Waals surface area (Å²) in [6.07, 6.45) is 2.60. The highest BCUT2D eigenvalue weighted by atomic mass is 16.1. The first-order valence-corrected chi connectivity index (χ1v) is 9.29. The van der Waals surface area contributed by atoms with Crippen LogP contribution < -0.4 is 16.0 Å². The quantitative estimate of drug-likeness (QED) is 0.457. The number of pyridine rings is 1. The second-order valence-corrected chi connectivity index (χ2v) is 6.37. The molecule has 144 valence electrons. The maximum absolute atomic E-state index is 11.7. The number of hydrogen-bond acceptors (Lipinski definition) is 3. The van der Waals surface area contributed by atoms with Crippen molar-refractivity contribution in [3.8, 4) is 0 Å². The molecule has 0 saturated carbocycles. The van der Waals surface area contributed by atoms with E-state index in [0.29, 0.717) is 18.7 Å². The number of nitrogens with one attached hydrogen (secondary N) is 3. The van der Waals surface area contributed by atoms with Crippen LogP contribution >= 0.6 is 0 Å². The normalized spacial score (nSPS) is 11.3. The Morgan fingerprint density at radius 2 is 1.89 bits per heavy atom. The predicted octanol–water partition coefficient (Wildman–Crippen LogP) is 2.50. The van der Waals surface area contributed by atoms with Crippen LogP contribution in [0.5, 0.6) is 0 Å². The van der Waals surface area contributed by atoms with Gasteiger partial charge in [0, 0.05) is 44.3 Å². The summed E-state index contributed by atoms with van der Waals surface area (Å²) in [6.45, 7) is 1.35. The SMILES string of the molecule is CN=C(NCCc1cccc(C(=O)NC)c1)NCc1cccc2cccnc12. The molecular weight excluding hydrogens is 350 g/mol. The fraction of sp³-hybridized carbons (Fsp3) is 0.227. The number of fused-ring (bicyclic) bond motifs is 1. The summed E-state index contributed by atoms with van der Waals surface area (Å²) in [5.74, 6) is 0.659. The fourth-order valence-electron chi connectivity index (χ4n) is 3.05. The molecule has 0 bridgehead atoms. The highest BCUT2D eigenvalue weighted by molar-refractivity contribution is 5.94. The van der Waals surface area contributed by atoms with Crippen LogP contribution in [0.1, 0.15) is 21.5 Å². The van der Waals surface area contributed by atoms with Gasteiger partial charge in [0.25, 0.3) is 5.91 Å². The lowest BCUT2D eigenvalue weighted by Crippen LogP contribution is -2.37. The fourth-order valence-corrected chi connectivity index (χ4v) is 3.05. The van der Waals surface area contributed by atoms with Crippen molar-refractivity contribution < 1.29 is 4.79 Å². The molecule has 3 rings (SSSR count). The Bertz CT molecular complexity index is 978. The Hall–Kier alpha value is -3.41. The lowest BCUT2D eigenvalue weighted by molar-refractivity contribution is 0.0963. The third kappa shape index (κ3) is 4.85. The molecule has 6 heteroatoms. The summed E-state index contributed by atoms with van der Waals surface area (Å²) in [5, 5.41) is 10.4. The van der Waals surface area contributed by atoms with Gasteiger partial charge in [0.15, 0.2) is 5.96 Å². The van der Waals surface area contributed by atoms with Crippen LogP contribution in [-0.4, -0.2) is 37.5 Å². The minimum atomic E-state index is -0.0732. The molecule has 0 unspecified atom stereocenters. The molecule has 3 aromatic rings. The topological polar surface area (TPSA) is 78.4 Å². The molecule has 0 spiro atoms. The minimum Gasteiger partial charge on any atom is -0.356 e. The van der Waals surface area contributed by atoms with Crippen molar-refractivity contribution in [1.29, 1.82) is 0 Å². The zero-order valence-electron chi connectivity index (χ0n) is 16.2. The Labute approximate surface area is 165 Å². The van der Waals surface area contributed by atoms with Crippen LogP contribution in [0.15, 0.2) is 65.8 Å². The van der Waals surface area contributed by atoms with Gasteiger partial charge in [-0.15, -0.1) is 0 Å². The number of benzene rings is 2. The standard InChI is InChI=1S/C22H25N5O/c1-23-21(28)18-8-3-6-16(14-18)11-13-26-22(24-2)27-15-19-9-4-7-17-10-5-12-25-20(17)19/h3-10,12,14H,11,13,15H2,1-2H3,(H,23,28)(H2,24,26,27). The molecule has 0 atom stereocenters. The second-order valence-electron chi connectivity index (χ2n) is 6.37. The lowest BCUT2D eigenvalue weighted by Gasteiger charge is -2.13. The van der Waals surface area contributed by atoms with Crippen molar-refractivity contribution >= 4 is 22.8 Å². The molecule has 2 aromatic carbocycles. The first-order chi connectivity index (χ1) is 13.7. The minimum absolute atomic E-state index is 0.0732. The molecule has 0 saturated heterocycles. The zero-order valence-corrected chi connectivity index (χ0v) is 16.2. The number of hydrogen-bond donors (Lipinski definition) is 3. The van der Waals surface area contributed by atoms with E-state index in [1.165, 1.54) is 0 Å². The van der Waals surface area contributed by atoms with Gasteiger partial charge in [0.05, 0.1) is 5.52 Å². The van der Waals surface area contributed by atoms with E-state index in [9.17, 15) is 4.79 Å². The van der Waals surface area contributed by atoms with Crippen molar-refractivity contribution in [3.63, 3.8) is 0 Å². The number of aliphatic imine (C=N–C) groups is 1. The molecule has 0 radical (unpaired) electrons. The van der Waals surface area contributed by atoms with Crippen molar-refractivity contribution in [2.24, 2.45) is 4.99 Å². The Kier molecular flexibility index (Phi) is 6.57. The molecule has 0 aliphatic carbocycles. The summed E-state index contributed by atoms with van der Waals surface area (Å²) in [7, 11) is 3.39. The molecule has 0 aliphatic heterocycles. The smallest absolute Gasteiger partial charge is 0.251 e. The largest absolute Gasteiger partial charge is 0.356 e. The van der Waals surface area contributed by atoms with E-state index in [1.54, 1.807) is 14.1 Å². The van der Waals surface area contributed by atoms with E-state index in [1.807, 2.05) is 42.6 Å². The van der Waals surface area contributed by atoms with Gasteiger partial charge in [-0.1, -0.05) is 36.4 Å². The predicted molar refractivity (Wildman–Crippen MR) is 113 cm³/mol. The van der Waals surface area contributed by atoms with Gasteiger partial charge in [-0.25, -0.2) is 0 Å². The van der Waals surface area contributed by atoms with Crippen molar-refractivity contribution in [2.75, 3.05) is 20.6 Å². The molecule has 1 heterocycles. The van der Waals surface area contributed by atoms with E-state index in [4.69, 9.17) is 0 Å². The highest BCUT2D eigenvalue weighted by Gasteiger charge is 2.05. The van der Waals surface area contributed by atoms with Gasteiger partial charge in [-0.05, 0) is 35.7 Å². The van der Waals surface area contributed by atoms with Crippen molar-refractivity contribution in [3.05, 3.63) is 77.5 Å². The summed E-state index contributed by atoms with van der Waals surface area (Å²) < 4.78 is 0. The second kappa shape index (κ2) is 9.50. The molecule has 3 N–H and O–H groups in total. The third-order valence-corrected chi connectivity index (χ3v) is 4.51. The lowest BCUT2D eigenvalue weighted by atomic mass is 10.1. The van der Waals surface area contributed by atoms with Gasteiger partial charge in [0.1, 0.15) is 0 Å². The average Bonchev–Trinajstić information content (AvgIpc) is 2.75. The number of nitrogens with zero attached hydrogens (tertiary/aromatic N) is 2. The molecule has 28 heavy (non-hydrogen) atoms.